The molecule has 0 bridgehead atoms. The number of carbonyl (C=O) groups is 1. The lowest BCUT2D eigenvalue weighted by Crippen LogP contribution is -2.29. The van der Waals surface area contributed by atoms with E-state index in [-0.39, 0.29) is 5.91 Å². The summed E-state index contributed by atoms with van der Waals surface area (Å²) in [6, 6.07) is 1.65. The van der Waals surface area contributed by atoms with E-state index >= 15 is 0 Å². The zero-order valence-electron chi connectivity index (χ0n) is 8.80. The van der Waals surface area contributed by atoms with E-state index in [1.54, 1.807) is 12.3 Å². The van der Waals surface area contributed by atoms with Gasteiger partial charge in [-0.1, -0.05) is 0 Å². The summed E-state index contributed by atoms with van der Waals surface area (Å²) < 4.78 is 7.17. The zero-order valence-corrected chi connectivity index (χ0v) is 8.80. The molecule has 0 unspecified atom stereocenters. The number of nitrogens with two attached hydrogens (primary N) is 1. The van der Waals surface area contributed by atoms with Gasteiger partial charge in [0.1, 0.15) is 17.8 Å². The minimum atomic E-state index is -0.364. The SMILES string of the molecule is Cc1nccn1Cc1cc(C(=O)NN)co1. The van der Waals surface area contributed by atoms with Gasteiger partial charge in [-0.2, -0.15) is 0 Å². The third kappa shape index (κ3) is 1.96. The van der Waals surface area contributed by atoms with Gasteiger partial charge in [0.25, 0.3) is 5.91 Å². The maximum atomic E-state index is 11.2. The molecule has 1 amide bonds. The highest BCUT2D eigenvalue weighted by Crippen LogP contribution is 2.10. The minimum absolute atomic E-state index is 0.364. The van der Waals surface area contributed by atoms with Gasteiger partial charge >= 0.3 is 0 Å². The van der Waals surface area contributed by atoms with E-state index in [2.05, 4.69) is 4.98 Å². The molecule has 16 heavy (non-hydrogen) atoms. The van der Waals surface area contributed by atoms with Crippen LogP contribution in [0.1, 0.15) is 21.9 Å². The van der Waals surface area contributed by atoms with Crippen LogP contribution in [0.15, 0.2) is 29.1 Å². The molecule has 0 saturated heterocycles. The van der Waals surface area contributed by atoms with Crippen LogP contribution in [0.3, 0.4) is 0 Å². The number of nitrogens with one attached hydrogen (secondary N) is 1. The molecular formula is C10H12N4O2. The summed E-state index contributed by atoms with van der Waals surface area (Å²) in [5.41, 5.74) is 2.46. The molecule has 2 rings (SSSR count). The Morgan fingerprint density at radius 3 is 3.12 bits per heavy atom. The highest BCUT2D eigenvalue weighted by molar-refractivity contribution is 5.93. The number of nitrogen functional groups attached to an aromatic ring is 1. The van der Waals surface area contributed by atoms with Gasteiger partial charge in [-0.25, -0.2) is 10.8 Å². The first-order valence-corrected chi connectivity index (χ1v) is 4.77. The van der Waals surface area contributed by atoms with Gasteiger partial charge in [0, 0.05) is 12.4 Å². The Kier molecular flexibility index (Phi) is 2.74. The highest BCUT2D eigenvalue weighted by atomic mass is 16.3. The number of nitrogens with zero attached hydrogens (tertiary/aromatic N) is 2. The molecule has 0 radical (unpaired) electrons. The first kappa shape index (κ1) is 10.4. The molecule has 6 heteroatoms. The van der Waals surface area contributed by atoms with Crippen LogP contribution in [-0.2, 0) is 6.54 Å². The van der Waals surface area contributed by atoms with Crippen LogP contribution >= 0.6 is 0 Å². The third-order valence-corrected chi connectivity index (χ3v) is 2.30. The highest BCUT2D eigenvalue weighted by Gasteiger charge is 2.09. The maximum Gasteiger partial charge on any atom is 0.268 e. The number of aryl methyl sites for hydroxylation is 1. The Hall–Kier alpha value is -2.08. The van der Waals surface area contributed by atoms with Gasteiger partial charge in [0.2, 0.25) is 0 Å². The lowest BCUT2D eigenvalue weighted by molar-refractivity contribution is 0.0953. The number of rotatable bonds is 3. The number of carbonyl (C=O) groups excluding carboxylic acids is 1. The summed E-state index contributed by atoms with van der Waals surface area (Å²) in [7, 11) is 0. The van der Waals surface area contributed by atoms with Crippen molar-refractivity contribution in [2.45, 2.75) is 13.5 Å². The second-order valence-electron chi connectivity index (χ2n) is 3.38. The fourth-order valence-electron chi connectivity index (χ4n) is 1.40. The van der Waals surface area contributed by atoms with E-state index in [4.69, 9.17) is 10.3 Å². The second kappa shape index (κ2) is 4.19. The van der Waals surface area contributed by atoms with Crippen LogP contribution in [0.4, 0.5) is 0 Å². The van der Waals surface area contributed by atoms with Gasteiger partial charge < -0.3 is 8.98 Å². The summed E-state index contributed by atoms with van der Waals surface area (Å²) in [4.78, 5) is 15.3. The van der Waals surface area contributed by atoms with Crippen molar-refractivity contribution in [3.63, 3.8) is 0 Å². The fourth-order valence-corrected chi connectivity index (χ4v) is 1.40. The van der Waals surface area contributed by atoms with Gasteiger partial charge in [-0.3, -0.25) is 10.2 Å². The molecule has 6 nitrogen and oxygen atoms in total. The molecule has 0 aromatic carbocycles. The van der Waals surface area contributed by atoms with Crippen LogP contribution < -0.4 is 11.3 Å². The Morgan fingerprint density at radius 2 is 2.50 bits per heavy atom. The third-order valence-electron chi connectivity index (χ3n) is 2.30. The predicted molar refractivity (Wildman–Crippen MR) is 56.4 cm³/mol. The molecular weight excluding hydrogens is 208 g/mol. The van der Waals surface area contributed by atoms with Crippen molar-refractivity contribution in [1.82, 2.24) is 15.0 Å². The molecule has 0 saturated carbocycles. The average Bonchev–Trinajstić information content (AvgIpc) is 2.89. The van der Waals surface area contributed by atoms with Crippen LogP contribution in [0.25, 0.3) is 0 Å². The Labute approximate surface area is 92.0 Å². The lowest BCUT2D eigenvalue weighted by Gasteiger charge is -2.00. The van der Waals surface area contributed by atoms with Crippen molar-refractivity contribution in [3.05, 3.63) is 41.9 Å². The van der Waals surface area contributed by atoms with Crippen molar-refractivity contribution in [2.24, 2.45) is 5.84 Å². The first-order chi connectivity index (χ1) is 7.70. The summed E-state index contributed by atoms with van der Waals surface area (Å²) in [5, 5.41) is 0. The molecule has 3 N–H and O–H groups in total. The summed E-state index contributed by atoms with van der Waals surface area (Å²) >= 11 is 0. The van der Waals surface area contributed by atoms with E-state index in [1.165, 1.54) is 6.26 Å². The quantitative estimate of drug-likeness (QED) is 0.446. The predicted octanol–water partition coefficient (Wildman–Crippen LogP) is 0.436. The number of hydrazine groups is 1. The first-order valence-electron chi connectivity index (χ1n) is 4.77. The Bertz CT molecular complexity index is 500. The van der Waals surface area contributed by atoms with Crippen molar-refractivity contribution in [3.8, 4) is 0 Å². The van der Waals surface area contributed by atoms with E-state index in [0.717, 1.165) is 5.82 Å². The standard InChI is InChI=1S/C10H12N4O2/c1-7-12-2-3-14(7)5-9-4-8(6-16-9)10(15)13-11/h2-4,6H,5,11H2,1H3,(H,13,15). The lowest BCUT2D eigenvalue weighted by atomic mass is 10.3. The van der Waals surface area contributed by atoms with Gasteiger partial charge in [0.15, 0.2) is 0 Å². The zero-order chi connectivity index (χ0) is 11.5. The van der Waals surface area contributed by atoms with Crippen molar-refractivity contribution in [1.29, 1.82) is 0 Å². The Balaban J connectivity index is 2.14. The molecule has 0 spiro atoms. The number of hydrogen-bond donors (Lipinski definition) is 2. The number of imidazole rings is 1. The number of aromatic nitrogens is 2. The number of amides is 1. The summed E-state index contributed by atoms with van der Waals surface area (Å²) in [6.07, 6.45) is 4.94. The molecule has 0 aliphatic carbocycles. The van der Waals surface area contributed by atoms with Crippen LogP contribution in [-0.4, -0.2) is 15.5 Å². The second-order valence-corrected chi connectivity index (χ2v) is 3.38. The molecule has 0 fully saturated rings. The average molecular weight is 220 g/mol. The van der Waals surface area contributed by atoms with E-state index in [9.17, 15) is 4.79 Å². The summed E-state index contributed by atoms with van der Waals surface area (Å²) in [6.45, 7) is 2.44. The van der Waals surface area contributed by atoms with Crippen LogP contribution in [0.5, 0.6) is 0 Å². The largest absolute Gasteiger partial charge is 0.467 e. The smallest absolute Gasteiger partial charge is 0.268 e. The van der Waals surface area contributed by atoms with Crippen molar-refractivity contribution >= 4 is 5.91 Å². The number of furan rings is 1. The molecule has 2 aromatic heterocycles. The van der Waals surface area contributed by atoms with Gasteiger partial charge in [-0.05, 0) is 13.0 Å². The van der Waals surface area contributed by atoms with Crippen LogP contribution in [0, 0.1) is 6.92 Å². The minimum Gasteiger partial charge on any atom is -0.467 e. The van der Waals surface area contributed by atoms with E-state index in [1.807, 2.05) is 23.1 Å². The van der Waals surface area contributed by atoms with Crippen molar-refractivity contribution < 1.29 is 9.21 Å². The Morgan fingerprint density at radius 1 is 1.69 bits per heavy atom. The fraction of sp³-hybridized carbons (Fsp3) is 0.200. The molecule has 84 valence electrons. The molecule has 2 aromatic rings. The van der Waals surface area contributed by atoms with Gasteiger partial charge in [-0.15, -0.1) is 0 Å². The topological polar surface area (TPSA) is 86.1 Å². The van der Waals surface area contributed by atoms with Crippen LogP contribution in [0.2, 0.25) is 0 Å². The molecule has 0 aliphatic heterocycles. The normalized spacial score (nSPS) is 10.4. The maximum absolute atomic E-state index is 11.2. The molecule has 2 heterocycles. The van der Waals surface area contributed by atoms with Crippen molar-refractivity contribution in [2.75, 3.05) is 0 Å². The van der Waals surface area contributed by atoms with E-state index in [0.29, 0.717) is 17.9 Å². The monoisotopic (exact) mass is 220 g/mol. The molecule has 0 atom stereocenters. The van der Waals surface area contributed by atoms with Gasteiger partial charge in [0.05, 0.1) is 12.1 Å². The number of hydrogen-bond acceptors (Lipinski definition) is 4. The summed E-state index contributed by atoms with van der Waals surface area (Å²) in [5.74, 6) is 6.22. The molecule has 0 aliphatic rings. The van der Waals surface area contributed by atoms with E-state index < -0.39 is 0 Å².